The molecule has 0 radical (unpaired) electrons. The molecule has 4 bridgehead atoms. The number of carbonyl (C=O) groups is 2. The largest absolute Gasteiger partial charge is 0.465 e. The number of ether oxygens (including phenoxy) is 1. The van der Waals surface area contributed by atoms with Gasteiger partial charge in [-0.3, -0.25) is 4.79 Å². The van der Waals surface area contributed by atoms with E-state index in [-0.39, 0.29) is 11.9 Å². The van der Waals surface area contributed by atoms with E-state index < -0.39 is 0 Å². The molecule has 1 heterocycles. The number of esters is 1. The minimum atomic E-state index is -0.357. The number of aromatic nitrogens is 2. The molecule has 6 nitrogen and oxygen atoms in total. The maximum absolute atomic E-state index is 13.7. The number of rotatable bonds is 6. The summed E-state index contributed by atoms with van der Waals surface area (Å²) in [5.74, 6) is 2.73. The lowest BCUT2D eigenvalue weighted by Crippen LogP contribution is -2.55. The lowest BCUT2D eigenvalue weighted by Gasteiger charge is -2.54. The first-order valence-corrected chi connectivity index (χ1v) is 14.2. The molecule has 7 heteroatoms. The Kier molecular flexibility index (Phi) is 6.37. The number of methoxy groups -OCH3 is 1. The van der Waals surface area contributed by atoms with Crippen molar-refractivity contribution in [3.8, 4) is 5.69 Å². The number of nitrogens with one attached hydrogen (secondary N) is 1. The Morgan fingerprint density at radius 1 is 0.971 bits per heavy atom. The predicted octanol–water partition coefficient (Wildman–Crippen LogP) is 5.64. The summed E-state index contributed by atoms with van der Waals surface area (Å²) in [5, 5.41) is 9.58. The van der Waals surface area contributed by atoms with Gasteiger partial charge in [0.05, 0.1) is 30.1 Å². The number of hydrogen-bond acceptors (Lipinski definition) is 5. The summed E-state index contributed by atoms with van der Waals surface area (Å²) >= 11 is 1.80. The van der Waals surface area contributed by atoms with Gasteiger partial charge in [-0.1, -0.05) is 19.3 Å². The molecule has 7 rings (SSSR count). The molecule has 0 aliphatic heterocycles. The van der Waals surface area contributed by atoms with Crippen molar-refractivity contribution in [2.45, 2.75) is 80.5 Å². The molecular weight excluding hydrogens is 458 g/mol. The monoisotopic (exact) mass is 493 g/mol. The average molecular weight is 494 g/mol. The zero-order valence-electron chi connectivity index (χ0n) is 20.4. The minimum absolute atomic E-state index is 0.0261. The lowest BCUT2D eigenvalue weighted by molar-refractivity contribution is -0.0120. The molecule has 0 saturated heterocycles. The maximum atomic E-state index is 13.7. The van der Waals surface area contributed by atoms with Crippen LogP contribution in [0.1, 0.15) is 84.9 Å². The number of nitrogens with zero attached hydrogens (tertiary/aromatic N) is 2. The number of thioether (sulfide) groups is 1. The van der Waals surface area contributed by atoms with Gasteiger partial charge in [0.1, 0.15) is 5.03 Å². The molecule has 35 heavy (non-hydrogen) atoms. The second-order valence-corrected chi connectivity index (χ2v) is 12.4. The van der Waals surface area contributed by atoms with Gasteiger partial charge in [-0.2, -0.15) is 5.10 Å². The summed E-state index contributed by atoms with van der Waals surface area (Å²) in [7, 11) is 1.39. The second-order valence-electron chi connectivity index (χ2n) is 11.1. The van der Waals surface area contributed by atoms with E-state index in [2.05, 4.69) is 10.4 Å². The van der Waals surface area contributed by atoms with Crippen LogP contribution in [0.5, 0.6) is 0 Å². The van der Waals surface area contributed by atoms with Crippen LogP contribution < -0.4 is 5.32 Å². The van der Waals surface area contributed by atoms with Gasteiger partial charge in [-0.05, 0) is 92.9 Å². The molecule has 1 N–H and O–H groups in total. The van der Waals surface area contributed by atoms with Crippen molar-refractivity contribution in [1.29, 1.82) is 0 Å². The first-order valence-electron chi connectivity index (χ1n) is 13.3. The molecule has 0 atom stereocenters. The van der Waals surface area contributed by atoms with Gasteiger partial charge in [0.25, 0.3) is 5.91 Å². The van der Waals surface area contributed by atoms with E-state index >= 15 is 0 Å². The maximum Gasteiger partial charge on any atom is 0.337 e. The van der Waals surface area contributed by atoms with Crippen LogP contribution in [0.4, 0.5) is 0 Å². The van der Waals surface area contributed by atoms with E-state index in [9.17, 15) is 9.59 Å². The van der Waals surface area contributed by atoms with Gasteiger partial charge in [0.15, 0.2) is 0 Å². The third-order valence-corrected chi connectivity index (χ3v) is 10.3. The Hall–Kier alpha value is -2.28. The number of hydrogen-bond donors (Lipinski definition) is 1. The smallest absolute Gasteiger partial charge is 0.337 e. The van der Waals surface area contributed by atoms with Crippen molar-refractivity contribution in [2.75, 3.05) is 7.11 Å². The summed E-state index contributed by atoms with van der Waals surface area (Å²) < 4.78 is 6.72. The third kappa shape index (κ3) is 4.52. The number of carbonyl (C=O) groups excluding carboxylic acids is 2. The van der Waals surface area contributed by atoms with Crippen LogP contribution in [0.3, 0.4) is 0 Å². The topological polar surface area (TPSA) is 73.2 Å². The van der Waals surface area contributed by atoms with Crippen LogP contribution in [0.2, 0.25) is 0 Å². The molecule has 2 aromatic rings. The SMILES string of the molecule is COC(=O)c1ccc(-n2ncc(C(=O)NC3C4CC5CC(C4)CC3C5)c2SC2CCCCC2)cc1. The summed E-state index contributed by atoms with van der Waals surface area (Å²) in [5.41, 5.74) is 2.04. The van der Waals surface area contributed by atoms with Crippen molar-refractivity contribution in [1.82, 2.24) is 15.1 Å². The molecule has 0 unspecified atom stereocenters. The van der Waals surface area contributed by atoms with Crippen molar-refractivity contribution in [2.24, 2.45) is 23.7 Å². The van der Waals surface area contributed by atoms with Crippen LogP contribution in [0.25, 0.3) is 5.69 Å². The van der Waals surface area contributed by atoms with Crippen LogP contribution in [0, 0.1) is 23.7 Å². The van der Waals surface area contributed by atoms with Crippen molar-refractivity contribution in [3.63, 3.8) is 0 Å². The fourth-order valence-corrected chi connectivity index (χ4v) is 8.79. The highest BCUT2D eigenvalue weighted by Crippen LogP contribution is 2.53. The summed E-state index contributed by atoms with van der Waals surface area (Å²) in [6, 6.07) is 7.58. The first-order chi connectivity index (χ1) is 17.1. The van der Waals surface area contributed by atoms with E-state index in [0.717, 1.165) is 22.5 Å². The van der Waals surface area contributed by atoms with Crippen molar-refractivity contribution in [3.05, 3.63) is 41.6 Å². The lowest BCUT2D eigenvalue weighted by atomic mass is 9.54. The zero-order chi connectivity index (χ0) is 23.9. The third-order valence-electron chi connectivity index (χ3n) is 8.86. The highest BCUT2D eigenvalue weighted by atomic mass is 32.2. The Balaban J connectivity index is 1.27. The van der Waals surface area contributed by atoms with E-state index in [1.54, 1.807) is 30.1 Å². The number of benzene rings is 1. The Labute approximate surface area is 211 Å². The second kappa shape index (κ2) is 9.64. The highest BCUT2D eigenvalue weighted by Gasteiger charge is 2.48. The standard InChI is InChI=1S/C28H35N3O3S/c1-34-28(33)19-7-9-22(10-8-19)31-27(35-23-5-3-2-4-6-23)24(16-29-31)26(32)30-25-20-12-17-11-18(14-20)15-21(25)13-17/h7-10,16-18,20-21,23,25H,2-6,11-15H2,1H3,(H,30,32). The van der Waals surface area contributed by atoms with E-state index in [1.807, 2.05) is 16.8 Å². The molecule has 1 aromatic heterocycles. The van der Waals surface area contributed by atoms with Crippen molar-refractivity contribution < 1.29 is 14.3 Å². The minimum Gasteiger partial charge on any atom is -0.465 e. The summed E-state index contributed by atoms with van der Waals surface area (Å²) in [4.78, 5) is 25.6. The van der Waals surface area contributed by atoms with Gasteiger partial charge in [-0.15, -0.1) is 11.8 Å². The molecule has 5 fully saturated rings. The molecule has 5 aliphatic rings. The molecule has 5 aliphatic carbocycles. The van der Waals surface area contributed by atoms with Crippen LogP contribution in [-0.2, 0) is 4.74 Å². The van der Waals surface area contributed by atoms with E-state index in [0.29, 0.717) is 34.3 Å². The fourth-order valence-electron chi connectivity index (χ4n) is 7.38. The molecular formula is C28H35N3O3S. The van der Waals surface area contributed by atoms with Crippen molar-refractivity contribution >= 4 is 23.6 Å². The first kappa shape index (κ1) is 23.1. The van der Waals surface area contributed by atoms with Gasteiger partial charge >= 0.3 is 5.97 Å². The van der Waals surface area contributed by atoms with Gasteiger partial charge < -0.3 is 10.1 Å². The van der Waals surface area contributed by atoms with Crippen LogP contribution in [-0.4, -0.2) is 40.1 Å². The van der Waals surface area contributed by atoms with Gasteiger partial charge in [0, 0.05) is 11.3 Å². The molecule has 0 spiro atoms. The fraction of sp³-hybridized carbons (Fsp3) is 0.607. The molecule has 1 aromatic carbocycles. The summed E-state index contributed by atoms with van der Waals surface area (Å²) in [6.45, 7) is 0. The summed E-state index contributed by atoms with van der Waals surface area (Å²) in [6.07, 6.45) is 14.4. The van der Waals surface area contributed by atoms with E-state index in [1.165, 1.54) is 71.3 Å². The average Bonchev–Trinajstić information content (AvgIpc) is 3.29. The Bertz CT molecular complexity index is 1060. The van der Waals surface area contributed by atoms with Crippen LogP contribution >= 0.6 is 11.8 Å². The quantitative estimate of drug-likeness (QED) is 0.528. The molecule has 5 saturated carbocycles. The Morgan fingerprint density at radius 3 is 2.26 bits per heavy atom. The molecule has 1 amide bonds. The Morgan fingerprint density at radius 2 is 1.63 bits per heavy atom. The van der Waals surface area contributed by atoms with E-state index in [4.69, 9.17) is 4.74 Å². The van der Waals surface area contributed by atoms with Gasteiger partial charge in [0.2, 0.25) is 0 Å². The highest BCUT2D eigenvalue weighted by molar-refractivity contribution is 8.00. The molecule has 186 valence electrons. The predicted molar refractivity (Wildman–Crippen MR) is 136 cm³/mol. The zero-order valence-corrected chi connectivity index (χ0v) is 21.3. The van der Waals surface area contributed by atoms with Gasteiger partial charge in [-0.25, -0.2) is 9.48 Å². The number of amides is 1. The normalized spacial score (nSPS) is 29.8. The van der Waals surface area contributed by atoms with Crippen LogP contribution in [0.15, 0.2) is 35.5 Å².